The van der Waals surface area contributed by atoms with Crippen LogP contribution in [0.2, 0.25) is 0 Å². The molecule has 1 aliphatic carbocycles. The van der Waals surface area contributed by atoms with Gasteiger partial charge in [-0.25, -0.2) is 15.0 Å². The van der Waals surface area contributed by atoms with Crippen molar-refractivity contribution in [1.29, 1.82) is 5.26 Å². The molecule has 0 saturated carbocycles. The van der Waals surface area contributed by atoms with Gasteiger partial charge in [0.15, 0.2) is 10.2 Å². The summed E-state index contributed by atoms with van der Waals surface area (Å²) in [5, 5.41) is 11.8. The van der Waals surface area contributed by atoms with E-state index < -0.39 is 0 Å². The van der Waals surface area contributed by atoms with Gasteiger partial charge in [0.25, 0.3) is 0 Å². The molecular formula is C23H23BrN4OS2. The Morgan fingerprint density at radius 2 is 2.23 bits per heavy atom. The van der Waals surface area contributed by atoms with Crippen LogP contribution >= 0.6 is 39.0 Å². The molecule has 3 aromatic rings. The highest BCUT2D eigenvalue weighted by molar-refractivity contribution is 9.10. The molecule has 0 spiro atoms. The van der Waals surface area contributed by atoms with E-state index in [0.717, 1.165) is 40.0 Å². The molecule has 0 saturated heterocycles. The van der Waals surface area contributed by atoms with Crippen LogP contribution < -0.4 is 0 Å². The van der Waals surface area contributed by atoms with Crippen molar-refractivity contribution in [2.75, 3.05) is 0 Å². The van der Waals surface area contributed by atoms with E-state index >= 15 is 0 Å². The topological polar surface area (TPSA) is 75.1 Å². The van der Waals surface area contributed by atoms with Gasteiger partial charge in [-0.15, -0.1) is 11.3 Å². The average Bonchev–Trinajstić information content (AvgIpc) is 3.24. The number of aryl methyl sites for hydroxylation is 1. The minimum Gasteiger partial charge on any atom is -0.447 e. The van der Waals surface area contributed by atoms with Gasteiger partial charge in [-0.1, -0.05) is 20.8 Å². The third-order valence-corrected chi connectivity index (χ3v) is 8.41. The van der Waals surface area contributed by atoms with Crippen LogP contribution in [0, 0.1) is 29.6 Å². The van der Waals surface area contributed by atoms with Crippen molar-refractivity contribution in [2.24, 2.45) is 16.3 Å². The summed E-state index contributed by atoms with van der Waals surface area (Å²) in [6.07, 6.45) is 6.52. The number of furan rings is 1. The Morgan fingerprint density at radius 1 is 1.42 bits per heavy atom. The average molecular weight is 516 g/mol. The van der Waals surface area contributed by atoms with Gasteiger partial charge in [-0.2, -0.15) is 5.26 Å². The number of hydrogen-bond acceptors (Lipinski definition) is 7. The van der Waals surface area contributed by atoms with Crippen LogP contribution in [0.4, 0.5) is 5.00 Å². The van der Waals surface area contributed by atoms with Gasteiger partial charge in [-0.3, -0.25) is 0 Å². The molecule has 3 aromatic heterocycles. The summed E-state index contributed by atoms with van der Waals surface area (Å²) in [5.74, 6) is 1.25. The molecule has 0 amide bonds. The largest absolute Gasteiger partial charge is 0.447 e. The van der Waals surface area contributed by atoms with Gasteiger partial charge in [0.1, 0.15) is 16.8 Å². The molecule has 0 aliphatic heterocycles. The van der Waals surface area contributed by atoms with Crippen molar-refractivity contribution in [3.63, 3.8) is 0 Å². The van der Waals surface area contributed by atoms with Crippen LogP contribution in [-0.4, -0.2) is 16.2 Å². The minimum atomic E-state index is 0.271. The highest BCUT2D eigenvalue weighted by atomic mass is 79.9. The van der Waals surface area contributed by atoms with Gasteiger partial charge >= 0.3 is 0 Å². The van der Waals surface area contributed by atoms with Gasteiger partial charge in [-0.05, 0) is 76.8 Å². The van der Waals surface area contributed by atoms with Gasteiger partial charge in [0, 0.05) is 22.8 Å². The highest BCUT2D eigenvalue weighted by Gasteiger charge is 2.32. The molecule has 31 heavy (non-hydrogen) atoms. The van der Waals surface area contributed by atoms with E-state index in [0.29, 0.717) is 21.9 Å². The Hall–Kier alpha value is -1.95. The van der Waals surface area contributed by atoms with Crippen LogP contribution in [0.3, 0.4) is 0 Å². The summed E-state index contributed by atoms with van der Waals surface area (Å²) < 4.78 is 6.75. The van der Waals surface area contributed by atoms with E-state index in [4.69, 9.17) is 4.42 Å². The number of rotatable bonds is 4. The number of nitriles is 1. The fraction of sp³-hybridized carbons (Fsp3) is 0.391. The Labute approximate surface area is 199 Å². The zero-order chi connectivity index (χ0) is 22.2. The highest BCUT2D eigenvalue weighted by Crippen LogP contribution is 2.45. The fourth-order valence-electron chi connectivity index (χ4n) is 3.70. The number of halogens is 1. The normalized spacial score (nSPS) is 16.5. The first-order chi connectivity index (χ1) is 14.7. The fourth-order valence-corrected chi connectivity index (χ4v) is 6.23. The molecule has 1 aliphatic rings. The zero-order valence-electron chi connectivity index (χ0n) is 17.9. The van der Waals surface area contributed by atoms with Crippen molar-refractivity contribution < 1.29 is 4.42 Å². The van der Waals surface area contributed by atoms with E-state index in [1.54, 1.807) is 23.7 Å². The maximum absolute atomic E-state index is 9.76. The summed E-state index contributed by atoms with van der Waals surface area (Å²) >= 11 is 6.54. The zero-order valence-corrected chi connectivity index (χ0v) is 21.1. The van der Waals surface area contributed by atoms with E-state index in [9.17, 15) is 5.26 Å². The quantitative estimate of drug-likeness (QED) is 0.273. The number of nitrogens with zero attached hydrogens (tertiary/aromatic N) is 4. The molecule has 0 aromatic carbocycles. The Morgan fingerprint density at radius 3 is 2.94 bits per heavy atom. The molecule has 0 fully saturated rings. The second-order valence-corrected chi connectivity index (χ2v) is 11.6. The molecular weight excluding hydrogens is 492 g/mol. The summed E-state index contributed by atoms with van der Waals surface area (Å²) in [7, 11) is 0. The lowest BCUT2D eigenvalue weighted by Gasteiger charge is -2.33. The lowest BCUT2D eigenvalue weighted by atomic mass is 9.72. The summed E-state index contributed by atoms with van der Waals surface area (Å²) in [6, 6.07) is 6.11. The lowest BCUT2D eigenvalue weighted by Crippen LogP contribution is -2.26. The second kappa shape index (κ2) is 8.89. The predicted octanol–water partition coefficient (Wildman–Crippen LogP) is 7.13. The second-order valence-electron chi connectivity index (χ2n) is 8.73. The molecule has 8 heteroatoms. The number of hydrogen-bond donors (Lipinski definition) is 0. The van der Waals surface area contributed by atoms with Crippen LogP contribution in [0.1, 0.15) is 54.7 Å². The lowest BCUT2D eigenvalue weighted by molar-refractivity contribution is 0.218. The third kappa shape index (κ3) is 4.94. The van der Waals surface area contributed by atoms with Crippen molar-refractivity contribution in [2.45, 2.75) is 57.2 Å². The molecule has 1 atom stereocenters. The minimum absolute atomic E-state index is 0.271. The summed E-state index contributed by atoms with van der Waals surface area (Å²) in [6.45, 7) is 8.82. The maximum Gasteiger partial charge on any atom is 0.195 e. The van der Waals surface area contributed by atoms with Gasteiger partial charge < -0.3 is 4.42 Å². The van der Waals surface area contributed by atoms with E-state index in [1.807, 2.05) is 19.1 Å². The van der Waals surface area contributed by atoms with Crippen molar-refractivity contribution in [1.82, 2.24) is 9.97 Å². The van der Waals surface area contributed by atoms with Crippen LogP contribution in [-0.2, 0) is 12.8 Å². The third-order valence-electron chi connectivity index (χ3n) is 5.52. The standard InChI is InChI=1S/C23H23BrN4OS2/c1-13-7-8-26-22(28-13)31-21-18(24)10-15(29-21)12-27-20-17(11-25)16-6-5-14(23(2,3)4)9-19(16)30-20/h7-8,10,12,14H,5-6,9H2,1-4H3/t14-/m0/s1. The molecule has 160 valence electrons. The van der Waals surface area contributed by atoms with Crippen LogP contribution in [0.25, 0.3) is 0 Å². The molecule has 5 nitrogen and oxygen atoms in total. The molecule has 0 radical (unpaired) electrons. The first kappa shape index (κ1) is 22.3. The first-order valence-electron chi connectivity index (χ1n) is 10.1. The van der Waals surface area contributed by atoms with Crippen molar-refractivity contribution in [3.8, 4) is 6.07 Å². The SMILES string of the molecule is Cc1ccnc(Sc2oc(C=Nc3sc4c(c3C#N)CC[C@H](C(C)(C)C)C4)cc2Br)n1. The number of thiophene rings is 1. The first-order valence-corrected chi connectivity index (χ1v) is 12.5. The molecule has 0 unspecified atom stereocenters. The van der Waals surface area contributed by atoms with Crippen LogP contribution in [0.5, 0.6) is 0 Å². The molecule has 4 rings (SSSR count). The number of fused-ring (bicyclic) bond motifs is 1. The smallest absolute Gasteiger partial charge is 0.195 e. The summed E-state index contributed by atoms with van der Waals surface area (Å²) in [4.78, 5) is 14.6. The van der Waals surface area contributed by atoms with Gasteiger partial charge in [0.2, 0.25) is 0 Å². The van der Waals surface area contributed by atoms with Crippen molar-refractivity contribution in [3.05, 3.63) is 50.3 Å². The Kier molecular flexibility index (Phi) is 6.38. The Balaban J connectivity index is 1.56. The number of aliphatic imine (C=N–C) groups is 1. The Bertz CT molecular complexity index is 1180. The van der Waals surface area contributed by atoms with E-state index in [2.05, 4.69) is 57.7 Å². The monoisotopic (exact) mass is 514 g/mol. The predicted molar refractivity (Wildman–Crippen MR) is 129 cm³/mol. The van der Waals surface area contributed by atoms with E-state index in [-0.39, 0.29) is 5.41 Å². The maximum atomic E-state index is 9.76. The van der Waals surface area contributed by atoms with Crippen molar-refractivity contribution >= 4 is 50.2 Å². The molecule has 0 N–H and O–H groups in total. The van der Waals surface area contributed by atoms with E-state index in [1.165, 1.54) is 22.2 Å². The molecule has 0 bridgehead atoms. The number of aromatic nitrogens is 2. The van der Waals surface area contributed by atoms with Crippen LogP contribution in [0.15, 0.2) is 42.5 Å². The molecule has 3 heterocycles. The van der Waals surface area contributed by atoms with Gasteiger partial charge in [0.05, 0.1) is 16.3 Å². The summed E-state index contributed by atoms with van der Waals surface area (Å²) in [5.41, 5.74) is 3.08.